The molecule has 3 N–H and O–H groups in total. The van der Waals surface area contributed by atoms with Crippen molar-refractivity contribution in [3.05, 3.63) is 12.4 Å². The number of nitrogens with one attached hydrogen (secondary N) is 3. The molecule has 0 radical (unpaired) electrons. The van der Waals surface area contributed by atoms with Gasteiger partial charge in [0.1, 0.15) is 0 Å². The van der Waals surface area contributed by atoms with E-state index in [-0.39, 0.29) is 0 Å². The second-order valence-corrected chi connectivity index (χ2v) is 5.70. The summed E-state index contributed by atoms with van der Waals surface area (Å²) in [6.07, 6.45) is 8.20. The predicted octanol–water partition coefficient (Wildman–Crippen LogP) is 2.22. The van der Waals surface area contributed by atoms with Gasteiger partial charge in [0.25, 0.3) is 0 Å². The molecule has 0 unspecified atom stereocenters. The third-order valence-corrected chi connectivity index (χ3v) is 3.93. The number of rotatable bonds is 7. The number of hydrogen-bond donors (Lipinski definition) is 3. The summed E-state index contributed by atoms with van der Waals surface area (Å²) in [4.78, 5) is 0. The molecular formula is C14H29N3. The zero-order valence-corrected chi connectivity index (χ0v) is 11.7. The lowest BCUT2D eigenvalue weighted by atomic mass is 9.72. The fourth-order valence-electron chi connectivity index (χ4n) is 2.94. The summed E-state index contributed by atoms with van der Waals surface area (Å²) in [7, 11) is 3.92. The van der Waals surface area contributed by atoms with Crippen LogP contribution in [0.3, 0.4) is 0 Å². The highest BCUT2D eigenvalue weighted by atomic mass is 15.1. The van der Waals surface area contributed by atoms with E-state index in [1.54, 1.807) is 0 Å². The van der Waals surface area contributed by atoms with Crippen LogP contribution in [0.4, 0.5) is 0 Å². The van der Waals surface area contributed by atoms with E-state index in [2.05, 4.69) is 29.5 Å². The molecule has 0 aliphatic heterocycles. The fourth-order valence-corrected chi connectivity index (χ4v) is 2.94. The van der Waals surface area contributed by atoms with Gasteiger partial charge in [-0.25, -0.2) is 0 Å². The molecule has 0 bridgehead atoms. The van der Waals surface area contributed by atoms with Gasteiger partial charge in [-0.15, -0.1) is 0 Å². The largest absolute Gasteiger partial charge is 0.375 e. The van der Waals surface area contributed by atoms with Crippen molar-refractivity contribution in [3.8, 4) is 0 Å². The minimum absolute atomic E-state index is 0.475. The summed E-state index contributed by atoms with van der Waals surface area (Å²) in [6, 6.07) is 0.475. The van der Waals surface area contributed by atoms with Crippen LogP contribution in [-0.4, -0.2) is 26.7 Å². The van der Waals surface area contributed by atoms with Crippen molar-refractivity contribution in [1.82, 2.24) is 16.0 Å². The van der Waals surface area contributed by atoms with Gasteiger partial charge in [-0.3, -0.25) is 0 Å². The van der Waals surface area contributed by atoms with Crippen molar-refractivity contribution < 1.29 is 0 Å². The average Bonchev–Trinajstić information content (AvgIpc) is 2.29. The molecule has 3 nitrogen and oxygen atoms in total. The van der Waals surface area contributed by atoms with E-state index in [9.17, 15) is 0 Å². The molecule has 17 heavy (non-hydrogen) atoms. The maximum Gasteiger partial charge on any atom is 0.0912 e. The van der Waals surface area contributed by atoms with Crippen LogP contribution in [0.15, 0.2) is 12.4 Å². The van der Waals surface area contributed by atoms with Gasteiger partial charge in [0.2, 0.25) is 0 Å². The summed E-state index contributed by atoms with van der Waals surface area (Å²) in [5.41, 5.74) is 0.515. The highest BCUT2D eigenvalue weighted by Gasteiger charge is 2.29. The molecule has 1 saturated carbocycles. The van der Waals surface area contributed by atoms with E-state index >= 15 is 0 Å². The van der Waals surface area contributed by atoms with Crippen LogP contribution in [0.5, 0.6) is 0 Å². The minimum atomic E-state index is 0.475. The van der Waals surface area contributed by atoms with Crippen LogP contribution in [0.25, 0.3) is 0 Å². The Hall–Kier alpha value is -0.700. The molecule has 0 amide bonds. The van der Waals surface area contributed by atoms with Crippen LogP contribution in [0.2, 0.25) is 0 Å². The molecule has 3 heteroatoms. The normalized spacial score (nSPS) is 20.6. The zero-order chi connectivity index (χ0) is 12.7. The van der Waals surface area contributed by atoms with Gasteiger partial charge in [0.05, 0.1) is 5.82 Å². The Bertz CT molecular complexity index is 232. The highest BCUT2D eigenvalue weighted by molar-refractivity contribution is 4.93. The first kappa shape index (κ1) is 14.4. The fraction of sp³-hybridized carbons (Fsp3) is 0.857. The van der Waals surface area contributed by atoms with E-state index in [1.807, 2.05) is 14.1 Å². The Labute approximate surface area is 106 Å². The van der Waals surface area contributed by atoms with Crippen LogP contribution < -0.4 is 16.0 Å². The van der Waals surface area contributed by atoms with Crippen molar-refractivity contribution in [2.24, 2.45) is 5.41 Å². The van der Waals surface area contributed by atoms with Crippen molar-refractivity contribution >= 4 is 0 Å². The smallest absolute Gasteiger partial charge is 0.0912 e. The lowest BCUT2D eigenvalue weighted by Gasteiger charge is -2.37. The Morgan fingerprint density at radius 3 is 2.41 bits per heavy atom. The topological polar surface area (TPSA) is 36.1 Å². The van der Waals surface area contributed by atoms with Crippen molar-refractivity contribution in [1.29, 1.82) is 0 Å². The predicted molar refractivity (Wildman–Crippen MR) is 74.9 cm³/mol. The van der Waals surface area contributed by atoms with Gasteiger partial charge in [-0.1, -0.05) is 32.8 Å². The van der Waals surface area contributed by atoms with E-state index < -0.39 is 0 Å². The number of hydrogen-bond acceptors (Lipinski definition) is 3. The Balaban J connectivity index is 2.49. The minimum Gasteiger partial charge on any atom is -0.375 e. The summed E-state index contributed by atoms with van der Waals surface area (Å²) < 4.78 is 0. The van der Waals surface area contributed by atoms with Gasteiger partial charge in [-0.2, -0.15) is 0 Å². The van der Waals surface area contributed by atoms with Gasteiger partial charge >= 0.3 is 0 Å². The quantitative estimate of drug-likeness (QED) is 0.637. The molecule has 0 aromatic heterocycles. The monoisotopic (exact) mass is 239 g/mol. The molecule has 0 saturated heterocycles. The zero-order valence-electron chi connectivity index (χ0n) is 11.7. The molecule has 0 aromatic carbocycles. The van der Waals surface area contributed by atoms with Crippen LogP contribution in [-0.2, 0) is 0 Å². The summed E-state index contributed by atoms with van der Waals surface area (Å²) >= 11 is 0. The standard InChI is InChI=1S/C14H29N3/c1-12(16-4)17-13(11-15-3)10-14(2)8-6-5-7-9-14/h13,15-17H,1,5-11H2,2-4H3/t13-/m0/s1. The third-order valence-electron chi connectivity index (χ3n) is 3.93. The molecule has 0 heterocycles. The van der Waals surface area contributed by atoms with E-state index in [1.165, 1.54) is 38.5 Å². The molecule has 1 rings (SSSR count). The highest BCUT2D eigenvalue weighted by Crippen LogP contribution is 2.39. The van der Waals surface area contributed by atoms with Crippen molar-refractivity contribution in [3.63, 3.8) is 0 Å². The molecule has 100 valence electrons. The van der Waals surface area contributed by atoms with Gasteiger partial charge in [0.15, 0.2) is 0 Å². The van der Waals surface area contributed by atoms with Crippen LogP contribution >= 0.6 is 0 Å². The van der Waals surface area contributed by atoms with Gasteiger partial charge < -0.3 is 16.0 Å². The average molecular weight is 239 g/mol. The molecule has 1 aliphatic carbocycles. The van der Waals surface area contributed by atoms with Crippen molar-refractivity contribution in [2.75, 3.05) is 20.6 Å². The summed E-state index contributed by atoms with van der Waals surface area (Å²) in [5.74, 6) is 0.921. The molecular weight excluding hydrogens is 210 g/mol. The third kappa shape index (κ3) is 4.99. The van der Waals surface area contributed by atoms with E-state index in [0.717, 1.165) is 12.4 Å². The van der Waals surface area contributed by atoms with Crippen LogP contribution in [0, 0.1) is 5.41 Å². The lowest BCUT2D eigenvalue weighted by molar-refractivity contribution is 0.176. The first-order valence-corrected chi connectivity index (χ1v) is 6.87. The van der Waals surface area contributed by atoms with Gasteiger partial charge in [-0.05, 0) is 31.7 Å². The molecule has 1 atom stereocenters. The van der Waals surface area contributed by atoms with E-state index in [4.69, 9.17) is 0 Å². The maximum absolute atomic E-state index is 3.96. The second kappa shape index (κ2) is 6.90. The SMILES string of the molecule is C=C(NC)N[C@H](CNC)CC1(C)CCCCC1. The Kier molecular flexibility index (Phi) is 5.83. The summed E-state index contributed by atoms with van der Waals surface area (Å²) in [6.45, 7) is 7.40. The molecule has 0 spiro atoms. The van der Waals surface area contributed by atoms with Crippen LogP contribution in [0.1, 0.15) is 45.4 Å². The lowest BCUT2D eigenvalue weighted by Crippen LogP contribution is -2.43. The Morgan fingerprint density at radius 1 is 1.24 bits per heavy atom. The van der Waals surface area contributed by atoms with Gasteiger partial charge in [0, 0.05) is 19.6 Å². The molecule has 0 aromatic rings. The number of likely N-dealkylation sites (N-methyl/N-ethyl adjacent to an activating group) is 1. The van der Waals surface area contributed by atoms with E-state index in [0.29, 0.717) is 11.5 Å². The Morgan fingerprint density at radius 2 is 1.88 bits per heavy atom. The molecule has 1 aliphatic rings. The van der Waals surface area contributed by atoms with Crippen molar-refractivity contribution in [2.45, 2.75) is 51.5 Å². The second-order valence-electron chi connectivity index (χ2n) is 5.70. The first-order valence-electron chi connectivity index (χ1n) is 6.87. The maximum atomic E-state index is 3.96. The summed E-state index contributed by atoms with van der Waals surface area (Å²) in [5, 5.41) is 9.81. The first-order chi connectivity index (χ1) is 8.09. The molecule has 1 fully saturated rings.